The molecule has 96 valence electrons. The summed E-state index contributed by atoms with van der Waals surface area (Å²) < 4.78 is 17.9. The Balaban J connectivity index is 3.25. The molecule has 0 aliphatic heterocycles. The number of nitro groups is 1. The summed E-state index contributed by atoms with van der Waals surface area (Å²) in [4.78, 5) is 21.1. The van der Waals surface area contributed by atoms with Gasteiger partial charge in [0.15, 0.2) is 0 Å². The smallest absolute Gasteiger partial charge is 0.409 e. The minimum absolute atomic E-state index is 0.0188. The van der Waals surface area contributed by atoms with E-state index in [0.717, 1.165) is 12.1 Å². The van der Waals surface area contributed by atoms with Crippen LogP contribution in [0.15, 0.2) is 23.9 Å². The van der Waals surface area contributed by atoms with Gasteiger partial charge in [0.25, 0.3) is 0 Å². The Morgan fingerprint density at radius 2 is 2.28 bits per heavy atom. The van der Waals surface area contributed by atoms with Gasteiger partial charge in [0.2, 0.25) is 0 Å². The molecule has 1 aromatic carbocycles. The second-order valence-electron chi connectivity index (χ2n) is 3.14. The highest BCUT2D eigenvalue weighted by molar-refractivity contribution is 6.32. The van der Waals surface area contributed by atoms with Gasteiger partial charge in [-0.3, -0.25) is 10.1 Å². The number of carbonyl (C=O) groups is 1. The van der Waals surface area contributed by atoms with Gasteiger partial charge in [-0.05, 0) is 19.1 Å². The summed E-state index contributed by atoms with van der Waals surface area (Å²) in [6, 6.07) is 3.80. The molecule has 0 atom stereocenters. The van der Waals surface area contributed by atoms with Gasteiger partial charge in [-0.15, -0.1) is 0 Å². The van der Waals surface area contributed by atoms with E-state index in [4.69, 9.17) is 11.6 Å². The molecule has 1 aromatic rings. The summed E-state index contributed by atoms with van der Waals surface area (Å²) in [5.74, 6) is -1.90. The highest BCUT2D eigenvalue weighted by Crippen LogP contribution is 2.22. The number of hydrogen-bond donors (Lipinski definition) is 0. The fraction of sp³-hybridized carbons (Fsp3) is 0.182. The lowest BCUT2D eigenvalue weighted by molar-refractivity contribution is -0.419. The van der Waals surface area contributed by atoms with E-state index in [0.29, 0.717) is 0 Å². The molecule has 0 aliphatic rings. The van der Waals surface area contributed by atoms with Crippen molar-refractivity contribution in [3.63, 3.8) is 0 Å². The average molecular weight is 274 g/mol. The van der Waals surface area contributed by atoms with Crippen molar-refractivity contribution in [2.24, 2.45) is 0 Å². The Hall–Kier alpha value is -1.95. The predicted octanol–water partition coefficient (Wildman–Crippen LogP) is 2.66. The molecule has 0 radical (unpaired) electrons. The minimum atomic E-state index is -1.14. The van der Waals surface area contributed by atoms with Crippen LogP contribution in [0.2, 0.25) is 5.02 Å². The maximum absolute atomic E-state index is 13.4. The molecule has 0 saturated heterocycles. The van der Waals surface area contributed by atoms with Crippen molar-refractivity contribution >= 4 is 23.6 Å². The van der Waals surface area contributed by atoms with Crippen LogP contribution in [-0.2, 0) is 9.53 Å². The van der Waals surface area contributed by atoms with Crippen molar-refractivity contribution in [1.29, 1.82) is 0 Å². The van der Waals surface area contributed by atoms with Gasteiger partial charge in [-0.2, -0.15) is 0 Å². The summed E-state index contributed by atoms with van der Waals surface area (Å²) in [6.45, 7) is 1.49. The predicted molar refractivity (Wildman–Crippen MR) is 63.0 cm³/mol. The molecule has 5 nitrogen and oxygen atoms in total. The van der Waals surface area contributed by atoms with E-state index in [2.05, 4.69) is 4.74 Å². The van der Waals surface area contributed by atoms with Gasteiger partial charge in [0.1, 0.15) is 5.82 Å². The van der Waals surface area contributed by atoms with Crippen molar-refractivity contribution in [3.8, 4) is 0 Å². The number of benzene rings is 1. The third-order valence-electron chi connectivity index (χ3n) is 1.96. The molecule has 7 heteroatoms. The summed E-state index contributed by atoms with van der Waals surface area (Å²) in [5, 5.41) is 10.7. The zero-order valence-corrected chi connectivity index (χ0v) is 10.1. The standard InChI is InChI=1S/C11H9ClFNO4/c1-2-18-11(15)10(14(16)17)6-7-8(12)4-3-5-9(7)13/h3-6H,2H2,1H3/b10-6-. The zero-order valence-electron chi connectivity index (χ0n) is 9.35. The van der Waals surface area contributed by atoms with Gasteiger partial charge in [0.05, 0.1) is 16.6 Å². The van der Waals surface area contributed by atoms with Crippen LogP contribution in [0, 0.1) is 15.9 Å². The number of halogens is 2. The second-order valence-corrected chi connectivity index (χ2v) is 3.55. The molecule has 0 saturated carbocycles. The zero-order chi connectivity index (χ0) is 13.7. The van der Waals surface area contributed by atoms with E-state index in [1.807, 2.05) is 0 Å². The lowest BCUT2D eigenvalue weighted by Crippen LogP contribution is -2.14. The third kappa shape index (κ3) is 3.27. The third-order valence-corrected chi connectivity index (χ3v) is 2.29. The molecule has 0 heterocycles. The van der Waals surface area contributed by atoms with Crippen LogP contribution in [0.25, 0.3) is 6.08 Å². The van der Waals surface area contributed by atoms with Gasteiger partial charge in [-0.25, -0.2) is 9.18 Å². The molecule has 0 N–H and O–H groups in total. The molecule has 0 amide bonds. The van der Waals surface area contributed by atoms with Crippen molar-refractivity contribution in [1.82, 2.24) is 0 Å². The van der Waals surface area contributed by atoms with E-state index in [1.165, 1.54) is 19.1 Å². The fourth-order valence-electron chi connectivity index (χ4n) is 1.18. The van der Waals surface area contributed by atoms with Crippen molar-refractivity contribution < 1.29 is 18.8 Å². The van der Waals surface area contributed by atoms with Crippen LogP contribution in [0.1, 0.15) is 12.5 Å². The van der Waals surface area contributed by atoms with Gasteiger partial charge >= 0.3 is 11.7 Å². The van der Waals surface area contributed by atoms with E-state index in [9.17, 15) is 19.3 Å². The fourth-order valence-corrected chi connectivity index (χ4v) is 1.39. The number of carbonyl (C=O) groups excluding carboxylic acids is 1. The maximum Gasteiger partial charge on any atom is 0.409 e. The largest absolute Gasteiger partial charge is 0.458 e. The molecule has 0 spiro atoms. The molecule has 0 bridgehead atoms. The van der Waals surface area contributed by atoms with Crippen LogP contribution >= 0.6 is 11.6 Å². The lowest BCUT2D eigenvalue weighted by atomic mass is 10.2. The molecule has 0 aliphatic carbocycles. The number of nitrogens with zero attached hydrogens (tertiary/aromatic N) is 1. The molecule has 0 fully saturated rings. The highest BCUT2D eigenvalue weighted by atomic mass is 35.5. The normalized spacial score (nSPS) is 11.2. The highest BCUT2D eigenvalue weighted by Gasteiger charge is 2.24. The second kappa shape index (κ2) is 6.11. The first kappa shape index (κ1) is 14.1. The van der Waals surface area contributed by atoms with Crippen LogP contribution < -0.4 is 0 Å². The Kier molecular flexibility index (Phi) is 4.79. The van der Waals surface area contributed by atoms with Gasteiger partial charge in [0, 0.05) is 11.6 Å². The topological polar surface area (TPSA) is 69.4 Å². The number of esters is 1. The molecular formula is C11H9ClFNO4. The summed E-state index contributed by atoms with van der Waals surface area (Å²) in [5.41, 5.74) is -1.09. The Bertz CT molecular complexity index is 496. The van der Waals surface area contributed by atoms with E-state index in [-0.39, 0.29) is 17.2 Å². The first-order valence-corrected chi connectivity index (χ1v) is 5.32. The minimum Gasteiger partial charge on any atom is -0.458 e. The number of ether oxygens (including phenoxy) is 1. The maximum atomic E-state index is 13.4. The van der Waals surface area contributed by atoms with Crippen LogP contribution in [0.5, 0.6) is 0 Å². The van der Waals surface area contributed by atoms with Crippen molar-refractivity contribution in [2.45, 2.75) is 6.92 Å². The van der Waals surface area contributed by atoms with Crippen LogP contribution in [0.3, 0.4) is 0 Å². The van der Waals surface area contributed by atoms with E-state index < -0.39 is 22.4 Å². The summed E-state index contributed by atoms with van der Waals surface area (Å²) in [6.07, 6.45) is 0.760. The number of rotatable bonds is 4. The first-order chi connectivity index (χ1) is 8.47. The molecule has 0 aromatic heterocycles. The first-order valence-electron chi connectivity index (χ1n) is 4.94. The quantitative estimate of drug-likeness (QED) is 0.366. The van der Waals surface area contributed by atoms with Crippen molar-refractivity contribution in [3.05, 3.63) is 50.4 Å². The Morgan fingerprint density at radius 3 is 2.78 bits per heavy atom. The molecular weight excluding hydrogens is 265 g/mol. The lowest BCUT2D eigenvalue weighted by Gasteiger charge is -2.02. The molecule has 1 rings (SSSR count). The number of hydrogen-bond acceptors (Lipinski definition) is 4. The van der Waals surface area contributed by atoms with Crippen LogP contribution in [-0.4, -0.2) is 17.5 Å². The Morgan fingerprint density at radius 1 is 1.61 bits per heavy atom. The van der Waals surface area contributed by atoms with Crippen molar-refractivity contribution in [2.75, 3.05) is 6.61 Å². The molecule has 18 heavy (non-hydrogen) atoms. The average Bonchev–Trinajstić information content (AvgIpc) is 2.28. The summed E-state index contributed by atoms with van der Waals surface area (Å²) >= 11 is 5.70. The molecule has 0 unspecified atom stereocenters. The van der Waals surface area contributed by atoms with E-state index in [1.54, 1.807) is 0 Å². The van der Waals surface area contributed by atoms with Gasteiger partial charge in [-0.1, -0.05) is 17.7 Å². The van der Waals surface area contributed by atoms with E-state index >= 15 is 0 Å². The Labute approximate surface area is 107 Å². The SMILES string of the molecule is CCOC(=O)/C(=C/c1c(F)cccc1Cl)[N+](=O)[O-]. The monoisotopic (exact) mass is 273 g/mol. The van der Waals surface area contributed by atoms with Gasteiger partial charge < -0.3 is 4.74 Å². The van der Waals surface area contributed by atoms with Crippen LogP contribution in [0.4, 0.5) is 4.39 Å². The summed E-state index contributed by atoms with van der Waals surface area (Å²) in [7, 11) is 0.